The quantitative estimate of drug-likeness (QED) is 0.650. The van der Waals surface area contributed by atoms with Crippen LogP contribution in [0.15, 0.2) is 57.8 Å². The lowest BCUT2D eigenvalue weighted by atomic mass is 10.1. The number of hydrogen-bond acceptors (Lipinski definition) is 2. The van der Waals surface area contributed by atoms with Crippen LogP contribution in [0, 0.1) is 0 Å². The fraction of sp³-hybridized carbons (Fsp3) is 0.0588. The number of hydrogen-bond donors (Lipinski definition) is 2. The van der Waals surface area contributed by atoms with E-state index in [2.05, 4.69) is 26.2 Å². The van der Waals surface area contributed by atoms with E-state index in [0.29, 0.717) is 15.4 Å². The molecule has 0 fully saturated rings. The molecule has 4 nitrogen and oxygen atoms in total. The molecule has 2 aromatic carbocycles. The average Bonchev–Trinajstić information content (AvgIpc) is 2.54. The van der Waals surface area contributed by atoms with Crippen LogP contribution < -0.4 is 10.9 Å². The average molecular weight is 411 g/mol. The van der Waals surface area contributed by atoms with E-state index in [4.69, 9.17) is 0 Å². The van der Waals surface area contributed by atoms with Crippen LogP contribution in [0.1, 0.15) is 15.9 Å². The third kappa shape index (κ3) is 3.74. The first-order valence-electron chi connectivity index (χ1n) is 7.05. The molecule has 1 amide bonds. The first kappa shape index (κ1) is 17.2. The fourth-order valence-electron chi connectivity index (χ4n) is 2.39. The van der Waals surface area contributed by atoms with E-state index in [1.807, 2.05) is 0 Å². The van der Waals surface area contributed by atoms with Gasteiger partial charge in [-0.3, -0.25) is 9.59 Å². The Kier molecular flexibility index (Phi) is 4.38. The minimum absolute atomic E-state index is 0.0109. The maximum absolute atomic E-state index is 12.8. The molecular weight excluding hydrogens is 401 g/mol. The van der Waals surface area contributed by atoms with Crippen LogP contribution in [0.25, 0.3) is 10.9 Å². The summed E-state index contributed by atoms with van der Waals surface area (Å²) in [7, 11) is 0. The lowest BCUT2D eigenvalue weighted by Gasteiger charge is -2.11. The van der Waals surface area contributed by atoms with Crippen molar-refractivity contribution in [3.05, 3.63) is 74.5 Å². The highest BCUT2D eigenvalue weighted by Gasteiger charge is 2.30. The molecule has 3 aromatic rings. The molecule has 0 atom stereocenters. The van der Waals surface area contributed by atoms with E-state index in [1.54, 1.807) is 18.2 Å². The van der Waals surface area contributed by atoms with Gasteiger partial charge in [0, 0.05) is 27.1 Å². The highest BCUT2D eigenvalue weighted by atomic mass is 79.9. The molecule has 1 aromatic heterocycles. The largest absolute Gasteiger partial charge is 0.416 e. The summed E-state index contributed by atoms with van der Waals surface area (Å²) in [6.45, 7) is 0. The topological polar surface area (TPSA) is 62.0 Å². The molecule has 3 rings (SSSR count). The molecule has 0 spiro atoms. The van der Waals surface area contributed by atoms with Gasteiger partial charge < -0.3 is 10.3 Å². The number of anilines is 1. The van der Waals surface area contributed by atoms with Crippen molar-refractivity contribution >= 4 is 38.4 Å². The number of aromatic amines is 1. The van der Waals surface area contributed by atoms with Crippen LogP contribution in [0.5, 0.6) is 0 Å². The number of alkyl halides is 3. The van der Waals surface area contributed by atoms with Crippen LogP contribution in [-0.2, 0) is 6.18 Å². The van der Waals surface area contributed by atoms with E-state index in [9.17, 15) is 22.8 Å². The molecule has 2 N–H and O–H groups in total. The summed E-state index contributed by atoms with van der Waals surface area (Å²) >= 11 is 3.28. The van der Waals surface area contributed by atoms with E-state index in [-0.39, 0.29) is 11.3 Å². The van der Waals surface area contributed by atoms with Crippen molar-refractivity contribution in [2.24, 2.45) is 0 Å². The zero-order valence-electron chi connectivity index (χ0n) is 12.4. The summed E-state index contributed by atoms with van der Waals surface area (Å²) in [5.74, 6) is -0.673. The van der Waals surface area contributed by atoms with E-state index >= 15 is 0 Å². The molecule has 0 bridgehead atoms. The van der Waals surface area contributed by atoms with Crippen LogP contribution in [0.2, 0.25) is 0 Å². The molecule has 0 saturated heterocycles. The Bertz CT molecular complexity index is 1030. The Labute approximate surface area is 147 Å². The summed E-state index contributed by atoms with van der Waals surface area (Å²) in [6, 6.07) is 10.4. The number of nitrogens with one attached hydrogen (secondary N) is 2. The molecule has 0 aliphatic carbocycles. The molecule has 0 aliphatic heterocycles. The summed E-state index contributed by atoms with van der Waals surface area (Å²) in [4.78, 5) is 26.8. The van der Waals surface area contributed by atoms with Gasteiger partial charge in [0.15, 0.2) is 0 Å². The lowest BCUT2D eigenvalue weighted by Crippen LogP contribution is -2.17. The minimum Gasteiger partial charge on any atom is -0.322 e. The van der Waals surface area contributed by atoms with Crippen molar-refractivity contribution in [2.75, 3.05) is 5.32 Å². The van der Waals surface area contributed by atoms with Gasteiger partial charge in [-0.05, 0) is 36.4 Å². The molecule has 25 heavy (non-hydrogen) atoms. The highest BCUT2D eigenvalue weighted by molar-refractivity contribution is 9.10. The number of H-pyrrole nitrogens is 1. The minimum atomic E-state index is -4.51. The third-order valence-electron chi connectivity index (χ3n) is 3.50. The summed E-state index contributed by atoms with van der Waals surface area (Å²) < 4.78 is 39.0. The Morgan fingerprint density at radius 3 is 2.56 bits per heavy atom. The van der Waals surface area contributed by atoms with Crippen LogP contribution in [0.3, 0.4) is 0 Å². The molecule has 1 heterocycles. The Hall–Kier alpha value is -2.61. The van der Waals surface area contributed by atoms with Gasteiger partial charge in [-0.25, -0.2) is 0 Å². The van der Waals surface area contributed by atoms with Crippen molar-refractivity contribution in [3.8, 4) is 0 Å². The molecule has 0 aliphatic rings. The van der Waals surface area contributed by atoms with Crippen molar-refractivity contribution in [3.63, 3.8) is 0 Å². The number of carbonyl (C=O) groups excluding carboxylic acids is 1. The zero-order chi connectivity index (χ0) is 18.2. The second kappa shape index (κ2) is 6.36. The fourth-order valence-corrected chi connectivity index (χ4v) is 2.75. The van der Waals surface area contributed by atoms with Gasteiger partial charge >= 0.3 is 6.18 Å². The second-order valence-electron chi connectivity index (χ2n) is 5.27. The van der Waals surface area contributed by atoms with Crippen LogP contribution >= 0.6 is 15.9 Å². The van der Waals surface area contributed by atoms with Crippen LogP contribution in [-0.4, -0.2) is 10.9 Å². The first-order valence-corrected chi connectivity index (χ1v) is 7.84. The number of fused-ring (bicyclic) bond motifs is 1. The van der Waals surface area contributed by atoms with Gasteiger partial charge in [-0.1, -0.05) is 22.0 Å². The highest BCUT2D eigenvalue weighted by Crippen LogP contribution is 2.31. The zero-order valence-corrected chi connectivity index (χ0v) is 14.0. The molecule has 8 heteroatoms. The Morgan fingerprint density at radius 1 is 1.08 bits per heavy atom. The number of carbonyl (C=O) groups is 1. The number of aromatic nitrogens is 1. The van der Waals surface area contributed by atoms with Crippen molar-refractivity contribution in [2.45, 2.75) is 6.18 Å². The van der Waals surface area contributed by atoms with Gasteiger partial charge in [0.25, 0.3) is 5.91 Å². The van der Waals surface area contributed by atoms with E-state index in [1.165, 1.54) is 12.1 Å². The summed E-state index contributed by atoms with van der Waals surface area (Å²) in [5, 5.41) is 2.87. The van der Waals surface area contributed by atoms with Gasteiger partial charge in [-0.2, -0.15) is 13.2 Å². The summed E-state index contributed by atoms with van der Waals surface area (Å²) in [5.41, 5.74) is -0.849. The molecule has 128 valence electrons. The third-order valence-corrected chi connectivity index (χ3v) is 3.99. The van der Waals surface area contributed by atoms with E-state index in [0.717, 1.165) is 18.2 Å². The monoisotopic (exact) mass is 410 g/mol. The number of benzene rings is 2. The number of amides is 1. The van der Waals surface area contributed by atoms with Gasteiger partial charge in [0.05, 0.1) is 11.1 Å². The lowest BCUT2D eigenvalue weighted by molar-refractivity contribution is -0.137. The van der Waals surface area contributed by atoms with Gasteiger partial charge in [0.2, 0.25) is 5.56 Å². The smallest absolute Gasteiger partial charge is 0.322 e. The molecule has 0 unspecified atom stereocenters. The number of halogens is 4. The summed E-state index contributed by atoms with van der Waals surface area (Å²) in [6.07, 6.45) is -4.51. The Balaban J connectivity index is 2.01. The normalized spacial score (nSPS) is 11.5. The van der Waals surface area contributed by atoms with E-state index < -0.39 is 23.2 Å². The van der Waals surface area contributed by atoms with Crippen molar-refractivity contribution in [1.29, 1.82) is 0 Å². The molecule has 0 radical (unpaired) electrons. The predicted molar refractivity (Wildman–Crippen MR) is 91.7 cm³/mol. The molecular formula is C17H10BrF3N2O2. The van der Waals surface area contributed by atoms with Crippen LogP contribution in [0.4, 0.5) is 18.9 Å². The number of rotatable bonds is 2. The maximum atomic E-state index is 12.8. The number of pyridine rings is 1. The Morgan fingerprint density at radius 2 is 1.84 bits per heavy atom. The molecule has 0 saturated carbocycles. The van der Waals surface area contributed by atoms with Gasteiger partial charge in [-0.15, -0.1) is 0 Å². The van der Waals surface area contributed by atoms with Gasteiger partial charge in [0.1, 0.15) is 0 Å². The van der Waals surface area contributed by atoms with Crippen molar-refractivity contribution in [1.82, 2.24) is 4.98 Å². The standard InChI is InChI=1S/C17H10BrF3N2O2/c18-10-4-5-14-12(7-10)13(8-15(24)23-14)16(25)22-11-3-1-2-9(6-11)17(19,20)21/h1-8H,(H,22,25)(H,23,24). The first-order chi connectivity index (χ1) is 11.7. The predicted octanol–water partition coefficient (Wildman–Crippen LogP) is 4.56. The van der Waals surface area contributed by atoms with Crippen molar-refractivity contribution < 1.29 is 18.0 Å². The second-order valence-corrected chi connectivity index (χ2v) is 6.19. The maximum Gasteiger partial charge on any atom is 0.416 e. The SMILES string of the molecule is O=C(Nc1cccc(C(F)(F)F)c1)c1cc(=O)[nH]c2ccc(Br)cc12.